The second-order valence-electron chi connectivity index (χ2n) is 10.7. The van der Waals surface area contributed by atoms with Crippen molar-refractivity contribution in [1.82, 2.24) is 40.3 Å². The molecule has 206 valence electrons. The predicted molar refractivity (Wildman–Crippen MR) is 160 cm³/mol. The van der Waals surface area contributed by atoms with Gasteiger partial charge in [-0.1, -0.05) is 12.1 Å². The lowest BCUT2D eigenvalue weighted by molar-refractivity contribution is 0.402. The van der Waals surface area contributed by atoms with Gasteiger partial charge in [-0.05, 0) is 61.6 Å². The Labute approximate surface area is 236 Å². The topological polar surface area (TPSA) is 102 Å². The highest BCUT2D eigenvalue weighted by molar-refractivity contribution is 5.97. The molecule has 2 aromatic carbocycles. The van der Waals surface area contributed by atoms with Gasteiger partial charge in [-0.2, -0.15) is 5.10 Å². The number of aromatic amines is 2. The fourth-order valence-corrected chi connectivity index (χ4v) is 5.55. The Kier molecular flexibility index (Phi) is 6.41. The van der Waals surface area contributed by atoms with E-state index in [4.69, 9.17) is 4.98 Å². The molecule has 0 unspecified atom stereocenters. The maximum Gasteiger partial charge on any atom is 0.159 e. The molecule has 0 atom stereocenters. The average molecular weight is 548 g/mol. The monoisotopic (exact) mass is 547 g/mol. The van der Waals surface area contributed by atoms with Gasteiger partial charge in [0.25, 0.3) is 0 Å². The van der Waals surface area contributed by atoms with Crippen LogP contribution in [-0.2, 0) is 6.54 Å². The summed E-state index contributed by atoms with van der Waals surface area (Å²) in [5, 5.41) is 11.8. The number of hydrogen-bond donors (Lipinski definition) is 3. The number of fused-ring (bicyclic) bond motifs is 2. The number of pyridine rings is 2. The minimum Gasteiger partial charge on any atom is -0.369 e. The van der Waals surface area contributed by atoms with Crippen LogP contribution < -0.4 is 10.2 Å². The molecule has 9 nitrogen and oxygen atoms in total. The first-order valence-corrected chi connectivity index (χ1v) is 13.7. The van der Waals surface area contributed by atoms with Gasteiger partial charge in [0.1, 0.15) is 11.5 Å². The van der Waals surface area contributed by atoms with E-state index in [-0.39, 0.29) is 5.82 Å². The summed E-state index contributed by atoms with van der Waals surface area (Å²) >= 11 is 0. The summed E-state index contributed by atoms with van der Waals surface area (Å²) in [7, 11) is 4.08. The zero-order valence-corrected chi connectivity index (χ0v) is 22.9. The zero-order chi connectivity index (χ0) is 27.9. The molecule has 0 radical (unpaired) electrons. The van der Waals surface area contributed by atoms with Gasteiger partial charge in [0.15, 0.2) is 11.5 Å². The first-order chi connectivity index (χ1) is 20.0. The number of imidazole rings is 1. The number of piperazine rings is 1. The summed E-state index contributed by atoms with van der Waals surface area (Å²) < 4.78 is 14.8. The molecule has 1 aliphatic heterocycles. The fraction of sp³-hybridized carbons (Fsp3) is 0.226. The molecule has 0 spiro atoms. The second-order valence-corrected chi connectivity index (χ2v) is 10.7. The quantitative estimate of drug-likeness (QED) is 0.274. The molecule has 3 N–H and O–H groups in total. The maximum absolute atomic E-state index is 14.8. The smallest absolute Gasteiger partial charge is 0.159 e. The van der Waals surface area contributed by atoms with Crippen molar-refractivity contribution in [3.05, 3.63) is 78.5 Å². The minimum absolute atomic E-state index is 0.259. The van der Waals surface area contributed by atoms with Crippen LogP contribution in [-0.4, -0.2) is 75.3 Å². The molecule has 1 saturated heterocycles. The highest BCUT2D eigenvalue weighted by atomic mass is 19.1. The van der Waals surface area contributed by atoms with Crippen molar-refractivity contribution in [1.29, 1.82) is 0 Å². The summed E-state index contributed by atoms with van der Waals surface area (Å²) in [6, 6.07) is 15.4. The number of para-hydroxylation sites is 1. The van der Waals surface area contributed by atoms with Gasteiger partial charge in [0, 0.05) is 73.7 Å². The molecule has 0 bridgehead atoms. The molecule has 5 heterocycles. The Morgan fingerprint density at radius 2 is 1.80 bits per heavy atom. The van der Waals surface area contributed by atoms with Crippen molar-refractivity contribution >= 4 is 27.8 Å². The molecule has 1 fully saturated rings. The highest BCUT2D eigenvalue weighted by Crippen LogP contribution is 2.34. The van der Waals surface area contributed by atoms with E-state index < -0.39 is 0 Å². The summed E-state index contributed by atoms with van der Waals surface area (Å²) in [5.74, 6) is 0.362. The number of nitrogens with one attached hydrogen (secondary N) is 3. The van der Waals surface area contributed by atoms with Crippen LogP contribution in [0.25, 0.3) is 55.8 Å². The van der Waals surface area contributed by atoms with Crippen LogP contribution in [0.15, 0.2) is 67.1 Å². The summed E-state index contributed by atoms with van der Waals surface area (Å²) in [5.41, 5.74) is 8.58. The largest absolute Gasteiger partial charge is 0.369 e. The van der Waals surface area contributed by atoms with Crippen LogP contribution in [0.3, 0.4) is 0 Å². The molecule has 0 saturated carbocycles. The predicted octanol–water partition coefficient (Wildman–Crippen LogP) is 4.84. The molecular formula is C31H30FN9. The van der Waals surface area contributed by atoms with Crippen molar-refractivity contribution in [3.8, 4) is 33.8 Å². The fourth-order valence-electron chi connectivity index (χ4n) is 5.55. The van der Waals surface area contributed by atoms with E-state index in [1.54, 1.807) is 12.1 Å². The SMILES string of the molecule is CN(C)Cc1cncc(-c2cnc3[nH]nc(-c4nc5c(-c6cc(F)cc(N7CCNCC7)c6)cccc5[nH]4)c3c2)c1. The van der Waals surface area contributed by atoms with Gasteiger partial charge >= 0.3 is 0 Å². The third kappa shape index (κ3) is 4.92. The maximum atomic E-state index is 14.8. The van der Waals surface area contributed by atoms with Crippen LogP contribution in [0.5, 0.6) is 0 Å². The van der Waals surface area contributed by atoms with E-state index in [1.165, 1.54) is 0 Å². The van der Waals surface area contributed by atoms with Crippen molar-refractivity contribution < 1.29 is 4.39 Å². The van der Waals surface area contributed by atoms with Gasteiger partial charge < -0.3 is 20.1 Å². The van der Waals surface area contributed by atoms with Gasteiger partial charge in [-0.25, -0.2) is 14.4 Å². The summed E-state index contributed by atoms with van der Waals surface area (Å²) in [6.07, 6.45) is 5.57. The standard InChI is InChI=1S/C31H30FN9/c1-40(2)18-19-10-21(16-34-15-19)22-13-26-29(38-39-30(26)35-17-22)31-36-27-5-3-4-25(28(27)37-31)20-11-23(32)14-24(12-20)41-8-6-33-7-9-41/h3-5,10-17,33H,6-9,18H2,1-2H3,(H,36,37)(H,35,38,39). The third-order valence-corrected chi connectivity index (χ3v) is 7.46. The average Bonchev–Trinajstić information content (AvgIpc) is 3.61. The number of halogens is 1. The minimum atomic E-state index is -0.259. The van der Waals surface area contributed by atoms with Crippen LogP contribution in [0.2, 0.25) is 0 Å². The molecule has 10 heteroatoms. The van der Waals surface area contributed by atoms with Crippen molar-refractivity contribution in [2.75, 3.05) is 45.2 Å². The molecular weight excluding hydrogens is 517 g/mol. The van der Waals surface area contributed by atoms with Gasteiger partial charge in [0.05, 0.1) is 16.4 Å². The van der Waals surface area contributed by atoms with E-state index >= 15 is 0 Å². The molecule has 0 amide bonds. The Morgan fingerprint density at radius 3 is 2.66 bits per heavy atom. The first kappa shape index (κ1) is 25.3. The van der Waals surface area contributed by atoms with Crippen LogP contribution in [0.4, 0.5) is 10.1 Å². The first-order valence-electron chi connectivity index (χ1n) is 13.7. The Morgan fingerprint density at radius 1 is 0.951 bits per heavy atom. The molecule has 1 aliphatic rings. The van der Waals surface area contributed by atoms with Crippen molar-refractivity contribution in [2.45, 2.75) is 6.54 Å². The lowest BCUT2D eigenvalue weighted by Crippen LogP contribution is -2.43. The number of anilines is 1. The molecule has 7 rings (SSSR count). The van der Waals surface area contributed by atoms with Gasteiger partial charge in [0.2, 0.25) is 0 Å². The van der Waals surface area contributed by atoms with Crippen LogP contribution in [0.1, 0.15) is 5.56 Å². The van der Waals surface area contributed by atoms with Crippen LogP contribution in [0, 0.1) is 5.82 Å². The number of benzene rings is 2. The lowest BCUT2D eigenvalue weighted by atomic mass is 10.0. The molecule has 41 heavy (non-hydrogen) atoms. The number of hydrogen-bond acceptors (Lipinski definition) is 7. The Hall–Kier alpha value is -4.67. The zero-order valence-electron chi connectivity index (χ0n) is 22.9. The van der Waals surface area contributed by atoms with Crippen molar-refractivity contribution in [3.63, 3.8) is 0 Å². The van der Waals surface area contributed by atoms with E-state index in [0.717, 1.165) is 82.6 Å². The van der Waals surface area contributed by atoms with Gasteiger partial charge in [-0.15, -0.1) is 0 Å². The Bertz CT molecular complexity index is 1870. The van der Waals surface area contributed by atoms with Crippen molar-refractivity contribution in [2.24, 2.45) is 0 Å². The summed E-state index contributed by atoms with van der Waals surface area (Å²) in [6.45, 7) is 4.26. The third-order valence-electron chi connectivity index (χ3n) is 7.46. The molecule has 4 aromatic heterocycles. The Balaban J connectivity index is 1.29. The van der Waals surface area contributed by atoms with Gasteiger partial charge in [-0.3, -0.25) is 10.1 Å². The molecule has 6 aromatic rings. The number of aromatic nitrogens is 6. The van der Waals surface area contributed by atoms with E-state index in [9.17, 15) is 4.39 Å². The molecule has 0 aliphatic carbocycles. The highest BCUT2D eigenvalue weighted by Gasteiger charge is 2.18. The number of H-pyrrole nitrogens is 2. The normalized spacial score (nSPS) is 14.0. The number of rotatable bonds is 6. The summed E-state index contributed by atoms with van der Waals surface area (Å²) in [4.78, 5) is 21.8. The number of nitrogens with zero attached hydrogens (tertiary/aromatic N) is 6. The lowest BCUT2D eigenvalue weighted by Gasteiger charge is -2.29. The second kappa shape index (κ2) is 10.4. The van der Waals surface area contributed by atoms with Crippen LogP contribution >= 0.6 is 0 Å². The van der Waals surface area contributed by atoms with E-state index in [0.29, 0.717) is 17.2 Å². The van der Waals surface area contributed by atoms with E-state index in [1.807, 2.05) is 50.9 Å². The van der Waals surface area contributed by atoms with E-state index in [2.05, 4.69) is 58.5 Å².